The molecule has 0 bridgehead atoms. The summed E-state index contributed by atoms with van der Waals surface area (Å²) in [5, 5.41) is 3.08. The lowest BCUT2D eigenvalue weighted by Crippen LogP contribution is -2.31. The molecule has 0 aliphatic carbocycles. The summed E-state index contributed by atoms with van der Waals surface area (Å²) in [6.45, 7) is 1.51. The van der Waals surface area contributed by atoms with Gasteiger partial charge in [-0.2, -0.15) is 11.8 Å². The molecule has 1 heterocycles. The number of para-hydroxylation sites is 3. The Balaban J connectivity index is 1.68. The van der Waals surface area contributed by atoms with Gasteiger partial charge in [0, 0.05) is 0 Å². The Morgan fingerprint density at radius 2 is 1.93 bits per heavy atom. The van der Waals surface area contributed by atoms with E-state index < -0.39 is 18.0 Å². The molecule has 1 atom stereocenters. The molecule has 0 radical (unpaired) electrons. The fourth-order valence-corrected chi connectivity index (χ4v) is 3.42. The molecule has 0 unspecified atom stereocenters. The van der Waals surface area contributed by atoms with Crippen LogP contribution in [-0.4, -0.2) is 33.8 Å². The number of thioether (sulfide) groups is 1. The fourth-order valence-electron chi connectivity index (χ4n) is 2.76. The monoisotopic (exact) mass is 417 g/mol. The van der Waals surface area contributed by atoms with Crippen LogP contribution in [0.2, 0.25) is 5.02 Å². The first-order valence-electron chi connectivity index (χ1n) is 8.67. The van der Waals surface area contributed by atoms with Crippen molar-refractivity contribution in [1.82, 2.24) is 9.55 Å². The molecule has 146 valence electrons. The van der Waals surface area contributed by atoms with Crippen LogP contribution in [0, 0.1) is 0 Å². The number of esters is 1. The van der Waals surface area contributed by atoms with E-state index in [-0.39, 0.29) is 6.54 Å². The van der Waals surface area contributed by atoms with Crippen LogP contribution < -0.4 is 5.32 Å². The molecule has 3 aromatic rings. The Morgan fingerprint density at radius 1 is 1.21 bits per heavy atom. The Bertz CT molecular complexity index is 1010. The van der Waals surface area contributed by atoms with Crippen molar-refractivity contribution in [1.29, 1.82) is 0 Å². The number of carbonyl (C=O) groups is 2. The van der Waals surface area contributed by atoms with Crippen LogP contribution in [-0.2, 0) is 26.6 Å². The molecular formula is C20H20ClN3O3S. The predicted molar refractivity (Wildman–Crippen MR) is 113 cm³/mol. The SMILES string of the molecule is CSCc1nc2ccccc2n1CC(=O)O[C@@H](C)C(=O)Nc1ccccc1Cl. The molecule has 3 rings (SSSR count). The molecular weight excluding hydrogens is 398 g/mol. The van der Waals surface area contributed by atoms with E-state index in [4.69, 9.17) is 16.3 Å². The number of nitrogens with zero attached hydrogens (tertiary/aromatic N) is 2. The van der Waals surface area contributed by atoms with E-state index in [1.807, 2.05) is 35.1 Å². The minimum absolute atomic E-state index is 0.0138. The molecule has 0 aliphatic heterocycles. The number of hydrogen-bond donors (Lipinski definition) is 1. The number of benzene rings is 2. The van der Waals surface area contributed by atoms with Crippen LogP contribution in [0.1, 0.15) is 12.7 Å². The highest BCUT2D eigenvalue weighted by atomic mass is 35.5. The minimum atomic E-state index is -0.956. The smallest absolute Gasteiger partial charge is 0.326 e. The molecule has 6 nitrogen and oxygen atoms in total. The number of halogens is 1. The number of carbonyl (C=O) groups excluding carboxylic acids is 2. The Labute approximate surface area is 172 Å². The van der Waals surface area contributed by atoms with E-state index >= 15 is 0 Å². The van der Waals surface area contributed by atoms with Crippen LogP contribution in [0.15, 0.2) is 48.5 Å². The summed E-state index contributed by atoms with van der Waals surface area (Å²) in [5.74, 6) is 0.511. The zero-order valence-electron chi connectivity index (χ0n) is 15.5. The molecule has 0 fully saturated rings. The van der Waals surface area contributed by atoms with Crippen molar-refractivity contribution in [3.63, 3.8) is 0 Å². The first-order valence-corrected chi connectivity index (χ1v) is 10.4. The summed E-state index contributed by atoms with van der Waals surface area (Å²) in [4.78, 5) is 29.4. The van der Waals surface area contributed by atoms with Gasteiger partial charge >= 0.3 is 5.97 Å². The Hall–Kier alpha value is -2.51. The highest BCUT2D eigenvalue weighted by Crippen LogP contribution is 2.21. The van der Waals surface area contributed by atoms with Crippen LogP contribution in [0.3, 0.4) is 0 Å². The van der Waals surface area contributed by atoms with Gasteiger partial charge in [0.2, 0.25) is 0 Å². The lowest BCUT2D eigenvalue weighted by atomic mass is 10.3. The summed E-state index contributed by atoms with van der Waals surface area (Å²) in [7, 11) is 0. The van der Waals surface area contributed by atoms with Gasteiger partial charge in [0.05, 0.1) is 27.5 Å². The van der Waals surface area contributed by atoms with Crippen LogP contribution in [0.5, 0.6) is 0 Å². The van der Waals surface area contributed by atoms with Gasteiger partial charge in [0.25, 0.3) is 5.91 Å². The normalized spacial score (nSPS) is 12.0. The van der Waals surface area contributed by atoms with Crippen molar-refractivity contribution < 1.29 is 14.3 Å². The maximum Gasteiger partial charge on any atom is 0.326 e. The van der Waals surface area contributed by atoms with Gasteiger partial charge in [-0.25, -0.2) is 4.98 Å². The van der Waals surface area contributed by atoms with E-state index in [0.29, 0.717) is 16.5 Å². The number of fused-ring (bicyclic) bond motifs is 1. The molecule has 2 aromatic carbocycles. The van der Waals surface area contributed by atoms with Gasteiger partial charge in [-0.15, -0.1) is 0 Å². The quantitative estimate of drug-likeness (QED) is 0.585. The largest absolute Gasteiger partial charge is 0.451 e. The number of hydrogen-bond acceptors (Lipinski definition) is 5. The Morgan fingerprint density at radius 3 is 2.68 bits per heavy atom. The summed E-state index contributed by atoms with van der Waals surface area (Å²) < 4.78 is 7.16. The van der Waals surface area contributed by atoms with Gasteiger partial charge in [0.15, 0.2) is 6.10 Å². The summed E-state index contributed by atoms with van der Waals surface area (Å²) in [5.41, 5.74) is 2.15. The topological polar surface area (TPSA) is 73.2 Å². The van der Waals surface area contributed by atoms with Gasteiger partial charge in [-0.1, -0.05) is 35.9 Å². The number of nitrogens with one attached hydrogen (secondary N) is 1. The summed E-state index contributed by atoms with van der Waals surface area (Å²) in [6, 6.07) is 14.5. The fraction of sp³-hybridized carbons (Fsp3) is 0.250. The van der Waals surface area contributed by atoms with Crippen molar-refractivity contribution in [3.05, 3.63) is 59.4 Å². The van der Waals surface area contributed by atoms with Gasteiger partial charge < -0.3 is 14.6 Å². The van der Waals surface area contributed by atoms with Crippen molar-refractivity contribution in [2.75, 3.05) is 11.6 Å². The number of anilines is 1. The van der Waals surface area contributed by atoms with E-state index in [0.717, 1.165) is 16.9 Å². The number of rotatable bonds is 7. The molecule has 28 heavy (non-hydrogen) atoms. The molecule has 1 N–H and O–H groups in total. The van der Waals surface area contributed by atoms with Crippen molar-refractivity contribution in [3.8, 4) is 0 Å². The maximum absolute atomic E-state index is 12.5. The van der Waals surface area contributed by atoms with E-state index in [1.165, 1.54) is 6.92 Å². The van der Waals surface area contributed by atoms with Crippen LogP contribution in [0.25, 0.3) is 11.0 Å². The van der Waals surface area contributed by atoms with Gasteiger partial charge in [-0.05, 0) is 37.4 Å². The molecule has 0 spiro atoms. The zero-order valence-corrected chi connectivity index (χ0v) is 17.1. The average Bonchev–Trinajstić information content (AvgIpc) is 3.01. The number of amides is 1. The third-order valence-corrected chi connectivity index (χ3v) is 4.98. The molecule has 0 aliphatic rings. The zero-order chi connectivity index (χ0) is 20.1. The van der Waals surface area contributed by atoms with Crippen molar-refractivity contribution >= 4 is 52.0 Å². The molecule has 1 amide bonds. The average molecular weight is 418 g/mol. The van der Waals surface area contributed by atoms with E-state index in [9.17, 15) is 9.59 Å². The first-order chi connectivity index (χ1) is 13.5. The Kier molecular flexibility index (Phi) is 6.59. The van der Waals surface area contributed by atoms with Crippen molar-refractivity contribution in [2.24, 2.45) is 0 Å². The third kappa shape index (κ3) is 4.66. The van der Waals surface area contributed by atoms with Gasteiger partial charge in [0.1, 0.15) is 12.4 Å². The van der Waals surface area contributed by atoms with E-state index in [1.54, 1.807) is 36.0 Å². The van der Waals surface area contributed by atoms with Crippen LogP contribution >= 0.6 is 23.4 Å². The second kappa shape index (κ2) is 9.12. The molecule has 0 saturated carbocycles. The summed E-state index contributed by atoms with van der Waals surface area (Å²) in [6.07, 6.45) is 1.02. The standard InChI is InChI=1S/C20H20ClN3O3S/c1-13(20(26)23-15-8-4-3-7-14(15)21)27-19(25)11-24-17-10-6-5-9-16(17)22-18(24)12-28-2/h3-10,13H,11-12H2,1-2H3,(H,23,26)/t13-/m0/s1. The lowest BCUT2D eigenvalue weighted by molar-refractivity contribution is -0.153. The molecule has 0 saturated heterocycles. The second-order valence-corrected chi connectivity index (χ2v) is 7.41. The third-order valence-electron chi connectivity index (χ3n) is 4.10. The second-order valence-electron chi connectivity index (χ2n) is 6.14. The number of aromatic nitrogens is 2. The van der Waals surface area contributed by atoms with Crippen molar-refractivity contribution in [2.45, 2.75) is 25.3 Å². The van der Waals surface area contributed by atoms with Gasteiger partial charge in [-0.3, -0.25) is 9.59 Å². The maximum atomic E-state index is 12.5. The highest BCUT2D eigenvalue weighted by Gasteiger charge is 2.20. The minimum Gasteiger partial charge on any atom is -0.451 e. The number of ether oxygens (including phenoxy) is 1. The number of imidazole rings is 1. The molecule has 8 heteroatoms. The lowest BCUT2D eigenvalue weighted by Gasteiger charge is -2.15. The highest BCUT2D eigenvalue weighted by molar-refractivity contribution is 7.97. The van der Waals surface area contributed by atoms with Crippen LogP contribution in [0.4, 0.5) is 5.69 Å². The first kappa shape index (κ1) is 20.2. The predicted octanol–water partition coefficient (Wildman–Crippen LogP) is 4.12. The van der Waals surface area contributed by atoms with E-state index in [2.05, 4.69) is 10.3 Å². The molecule has 1 aromatic heterocycles. The summed E-state index contributed by atoms with van der Waals surface area (Å²) >= 11 is 7.66.